The molecule has 0 aliphatic rings. The first-order valence-electron chi connectivity index (χ1n) is 6.11. The summed E-state index contributed by atoms with van der Waals surface area (Å²) in [5, 5.41) is -0.451. The van der Waals surface area contributed by atoms with Gasteiger partial charge in [-0.15, -0.1) is 0 Å². The molecule has 0 radical (unpaired) electrons. The Labute approximate surface area is 102 Å². The van der Waals surface area contributed by atoms with E-state index in [0.717, 1.165) is 0 Å². The molecular formula is C13H31O2P. The highest BCUT2D eigenvalue weighted by Gasteiger charge is 2.28. The van der Waals surface area contributed by atoms with Crippen molar-refractivity contribution < 1.29 is 9.46 Å². The second-order valence-corrected chi connectivity index (χ2v) is 9.81. The number of hydrogen-bond donors (Lipinski definition) is 1. The Kier molecular flexibility index (Phi) is 7.90. The van der Waals surface area contributed by atoms with Gasteiger partial charge < -0.3 is 4.89 Å². The molecule has 3 heteroatoms. The number of hydrogen-bond acceptors (Lipinski definition) is 1. The minimum absolute atomic E-state index is 0.451. The molecule has 0 aliphatic carbocycles. The standard InChI is InChI=1S/C8H18.C5H13O2P/c1-5-6-7-8(2,3)4;1-5(2,3)8(4,6)7/h5-7H2,1-4H3;1-4H3,(H,6,7). The predicted octanol–water partition coefficient (Wildman–Crippen LogP) is 4.91. The molecule has 0 fully saturated rings. The van der Waals surface area contributed by atoms with Gasteiger partial charge in [-0.3, -0.25) is 4.57 Å². The van der Waals surface area contributed by atoms with Crippen LogP contribution in [-0.2, 0) is 4.57 Å². The molecule has 0 saturated heterocycles. The Hall–Kier alpha value is 0.190. The lowest BCUT2D eigenvalue weighted by molar-refractivity contribution is 0.363. The van der Waals surface area contributed by atoms with Crippen LogP contribution >= 0.6 is 7.37 Å². The van der Waals surface area contributed by atoms with Crippen LogP contribution in [0.5, 0.6) is 0 Å². The van der Waals surface area contributed by atoms with E-state index in [4.69, 9.17) is 4.89 Å². The van der Waals surface area contributed by atoms with Crippen molar-refractivity contribution in [2.75, 3.05) is 6.66 Å². The van der Waals surface area contributed by atoms with Crippen LogP contribution in [0, 0.1) is 5.41 Å². The van der Waals surface area contributed by atoms with Gasteiger partial charge in [0, 0.05) is 11.8 Å². The van der Waals surface area contributed by atoms with Crippen LogP contribution in [0.3, 0.4) is 0 Å². The van der Waals surface area contributed by atoms with Crippen molar-refractivity contribution in [3.8, 4) is 0 Å². The molecule has 1 unspecified atom stereocenters. The third kappa shape index (κ3) is 12.3. The Morgan fingerprint density at radius 1 is 1.06 bits per heavy atom. The zero-order valence-corrected chi connectivity index (χ0v) is 13.3. The van der Waals surface area contributed by atoms with Gasteiger partial charge in [0.05, 0.1) is 0 Å². The third-order valence-electron chi connectivity index (χ3n) is 2.53. The van der Waals surface area contributed by atoms with Crippen molar-refractivity contribution in [1.82, 2.24) is 0 Å². The fraction of sp³-hybridized carbons (Fsp3) is 1.00. The van der Waals surface area contributed by atoms with Gasteiger partial charge in [0.1, 0.15) is 0 Å². The molecule has 0 heterocycles. The second-order valence-electron chi connectivity index (χ2n) is 6.71. The molecule has 1 N–H and O–H groups in total. The molecule has 0 aliphatic heterocycles. The first kappa shape index (κ1) is 18.6. The summed E-state index contributed by atoms with van der Waals surface area (Å²) in [7, 11) is -2.85. The van der Waals surface area contributed by atoms with Crippen LogP contribution in [0.4, 0.5) is 0 Å². The maximum atomic E-state index is 10.8. The van der Waals surface area contributed by atoms with E-state index in [1.807, 2.05) is 0 Å². The second kappa shape index (κ2) is 6.81. The van der Waals surface area contributed by atoms with Gasteiger partial charge in [0.15, 0.2) is 0 Å². The normalized spacial score (nSPS) is 16.1. The van der Waals surface area contributed by atoms with E-state index in [2.05, 4.69) is 27.7 Å². The van der Waals surface area contributed by atoms with Gasteiger partial charge in [0.2, 0.25) is 7.37 Å². The Bertz CT molecular complexity index is 215. The van der Waals surface area contributed by atoms with E-state index in [9.17, 15) is 4.57 Å². The Morgan fingerprint density at radius 2 is 1.38 bits per heavy atom. The minimum Gasteiger partial charge on any atom is -0.344 e. The quantitative estimate of drug-likeness (QED) is 0.707. The zero-order chi connectivity index (χ0) is 13.6. The maximum Gasteiger partial charge on any atom is 0.202 e. The highest BCUT2D eigenvalue weighted by molar-refractivity contribution is 7.58. The summed E-state index contributed by atoms with van der Waals surface area (Å²) in [6, 6.07) is 0. The molecule has 0 aromatic carbocycles. The zero-order valence-electron chi connectivity index (χ0n) is 12.4. The molecule has 100 valence electrons. The summed E-state index contributed by atoms with van der Waals surface area (Å²) in [6.07, 6.45) is 4.07. The first-order valence-corrected chi connectivity index (χ1v) is 8.22. The molecule has 0 aromatic heterocycles. The van der Waals surface area contributed by atoms with Crippen LogP contribution in [0.2, 0.25) is 0 Å². The van der Waals surface area contributed by atoms with E-state index in [0.29, 0.717) is 5.41 Å². The molecule has 0 rings (SSSR count). The average molecular weight is 250 g/mol. The summed E-state index contributed by atoms with van der Waals surface area (Å²) in [5.41, 5.74) is 0.552. The lowest BCUT2D eigenvalue weighted by atomic mass is 9.90. The largest absolute Gasteiger partial charge is 0.344 e. The van der Waals surface area contributed by atoms with Crippen molar-refractivity contribution in [2.45, 2.75) is 72.9 Å². The van der Waals surface area contributed by atoms with E-state index in [1.54, 1.807) is 20.8 Å². The molecule has 0 amide bonds. The highest BCUT2D eigenvalue weighted by atomic mass is 31.2. The summed E-state index contributed by atoms with van der Waals surface area (Å²) in [4.78, 5) is 8.91. The van der Waals surface area contributed by atoms with E-state index >= 15 is 0 Å². The minimum atomic E-state index is -2.85. The van der Waals surface area contributed by atoms with Gasteiger partial charge in [-0.25, -0.2) is 0 Å². The van der Waals surface area contributed by atoms with Gasteiger partial charge in [-0.05, 0) is 11.8 Å². The molecule has 16 heavy (non-hydrogen) atoms. The van der Waals surface area contributed by atoms with Crippen molar-refractivity contribution in [1.29, 1.82) is 0 Å². The van der Waals surface area contributed by atoms with Crippen LogP contribution in [-0.4, -0.2) is 16.7 Å². The van der Waals surface area contributed by atoms with E-state index in [-0.39, 0.29) is 0 Å². The Morgan fingerprint density at radius 3 is 1.44 bits per heavy atom. The van der Waals surface area contributed by atoms with Crippen molar-refractivity contribution in [3.05, 3.63) is 0 Å². The SMILES string of the molecule is CC(C)(C)P(C)(=O)O.CCCCC(C)(C)C. The highest BCUT2D eigenvalue weighted by Crippen LogP contribution is 2.49. The average Bonchev–Trinajstić information content (AvgIpc) is 1.96. The van der Waals surface area contributed by atoms with E-state index in [1.165, 1.54) is 25.9 Å². The molecule has 0 spiro atoms. The Balaban J connectivity index is 0. The molecule has 2 nitrogen and oxygen atoms in total. The van der Waals surface area contributed by atoms with Crippen LogP contribution in [0.15, 0.2) is 0 Å². The van der Waals surface area contributed by atoms with Crippen molar-refractivity contribution >= 4 is 7.37 Å². The monoisotopic (exact) mass is 250 g/mol. The molecule has 0 saturated carbocycles. The fourth-order valence-electron chi connectivity index (χ4n) is 0.707. The first-order chi connectivity index (χ1) is 6.81. The number of rotatable bonds is 2. The van der Waals surface area contributed by atoms with Gasteiger partial charge in [-0.1, -0.05) is 61.3 Å². The molecule has 0 bridgehead atoms. The summed E-state index contributed by atoms with van der Waals surface area (Å²) in [6.45, 7) is 15.8. The van der Waals surface area contributed by atoms with Crippen molar-refractivity contribution in [2.24, 2.45) is 5.41 Å². The van der Waals surface area contributed by atoms with Gasteiger partial charge in [-0.2, -0.15) is 0 Å². The van der Waals surface area contributed by atoms with Gasteiger partial charge in [0.25, 0.3) is 0 Å². The summed E-state index contributed by atoms with van der Waals surface area (Å²) < 4.78 is 10.8. The maximum absolute atomic E-state index is 10.8. The topological polar surface area (TPSA) is 37.3 Å². The molecular weight excluding hydrogens is 219 g/mol. The summed E-state index contributed by atoms with van der Waals surface area (Å²) in [5.74, 6) is 0. The third-order valence-corrected chi connectivity index (χ3v) is 5.01. The summed E-state index contributed by atoms with van der Waals surface area (Å²) >= 11 is 0. The van der Waals surface area contributed by atoms with Crippen LogP contribution in [0.1, 0.15) is 67.7 Å². The number of unbranched alkanes of at least 4 members (excludes halogenated alkanes) is 1. The lowest BCUT2D eigenvalue weighted by Gasteiger charge is -2.21. The van der Waals surface area contributed by atoms with Crippen LogP contribution < -0.4 is 0 Å². The van der Waals surface area contributed by atoms with Crippen molar-refractivity contribution in [3.63, 3.8) is 0 Å². The molecule has 0 aromatic rings. The van der Waals surface area contributed by atoms with E-state index < -0.39 is 12.5 Å². The van der Waals surface area contributed by atoms with Gasteiger partial charge >= 0.3 is 0 Å². The van der Waals surface area contributed by atoms with Crippen LogP contribution in [0.25, 0.3) is 0 Å². The lowest BCUT2D eigenvalue weighted by Crippen LogP contribution is -2.12. The smallest absolute Gasteiger partial charge is 0.202 e. The fourth-order valence-corrected chi connectivity index (χ4v) is 0.707. The molecule has 1 atom stereocenters. The predicted molar refractivity (Wildman–Crippen MR) is 74.5 cm³/mol.